The van der Waals surface area contributed by atoms with Crippen LogP contribution in [0.2, 0.25) is 19.6 Å². The third-order valence-corrected chi connectivity index (χ3v) is 17.5. The van der Waals surface area contributed by atoms with Crippen LogP contribution in [-0.2, 0) is 38.5 Å². The van der Waals surface area contributed by atoms with Crippen molar-refractivity contribution in [3.8, 4) is 24.3 Å². The number of hydrogen-bond acceptors (Lipinski definition) is 3. The largest absolute Gasteiger partial charge is 1.00 e. The topological polar surface area (TPSA) is 49.4 Å². The third kappa shape index (κ3) is 33.3. The van der Waals surface area contributed by atoms with Crippen molar-refractivity contribution >= 4 is 97.2 Å². The SMILES string of the molecule is C#C[Si](C)(C)C.C#Cc1c(F)cc(CCCCC)cc1F.CCCCCc1cc(F)c(Br)c(F)c1.O=CO[O-].[Cl][Pd][Cl].[H-].[K+].[K+].c1ccc(P(c2ccccc2)c2ccccc2)cc1.c1ccc(P(c2ccccc2)c2ccccc2)cc1. The number of unbranched alkanes of at least 4 members (excludes halogenated alkanes) is 4. The second-order valence-electron chi connectivity index (χ2n) is 18.2. The van der Waals surface area contributed by atoms with Gasteiger partial charge in [0.2, 0.25) is 0 Å². The predicted molar refractivity (Wildman–Crippen MR) is 337 cm³/mol. The molecule has 0 aliphatic rings. The van der Waals surface area contributed by atoms with Gasteiger partial charge in [0, 0.05) is 0 Å². The molecule has 0 saturated carbocycles. The van der Waals surface area contributed by atoms with E-state index < -0.39 is 47.2 Å². The fraction of sp³-hybridized carbons (Fsp3) is 0.197. The maximum absolute atomic E-state index is 13.2. The van der Waals surface area contributed by atoms with E-state index in [0.29, 0.717) is 12.0 Å². The number of halogens is 7. The molecule has 0 amide bonds. The van der Waals surface area contributed by atoms with Crippen molar-refractivity contribution < 1.29 is 153 Å². The summed E-state index contributed by atoms with van der Waals surface area (Å²) < 4.78 is 52.5. The van der Waals surface area contributed by atoms with Gasteiger partial charge in [-0.2, -0.15) is 0 Å². The van der Waals surface area contributed by atoms with Crippen molar-refractivity contribution in [2.45, 2.75) is 84.9 Å². The summed E-state index contributed by atoms with van der Waals surface area (Å²) in [6.45, 7) is 10.4. The summed E-state index contributed by atoms with van der Waals surface area (Å²) in [6.07, 6.45) is 17.9. The summed E-state index contributed by atoms with van der Waals surface area (Å²) in [5.74, 6) is -0.297. The third-order valence-electron chi connectivity index (χ3n) is 11.0. The molecule has 0 bridgehead atoms. The minimum atomic E-state index is -1.10. The van der Waals surface area contributed by atoms with Crippen molar-refractivity contribution in [2.24, 2.45) is 0 Å². The van der Waals surface area contributed by atoms with Crippen LogP contribution < -0.4 is 140 Å². The Morgan fingerprint density at radius 3 is 0.939 bits per heavy atom. The molecule has 0 aliphatic heterocycles. The van der Waals surface area contributed by atoms with Gasteiger partial charge < -0.3 is 11.6 Å². The van der Waals surface area contributed by atoms with Gasteiger partial charge in [-0.05, 0) is 125 Å². The van der Waals surface area contributed by atoms with Gasteiger partial charge in [-0.3, -0.25) is 4.79 Å². The van der Waals surface area contributed by atoms with E-state index in [-0.39, 0.29) is 137 Å². The van der Waals surface area contributed by atoms with Gasteiger partial charge in [0.15, 0.2) is 0 Å². The Hall–Kier alpha value is -1.90. The first-order chi connectivity index (χ1) is 38.6. The van der Waals surface area contributed by atoms with Crippen LogP contribution in [0.5, 0.6) is 0 Å². The van der Waals surface area contributed by atoms with E-state index in [1.54, 1.807) is 0 Å². The monoisotopic (exact) mass is 1410 g/mol. The molecule has 0 atom stereocenters. The van der Waals surface area contributed by atoms with Crippen LogP contribution in [0, 0.1) is 47.6 Å². The zero-order chi connectivity index (χ0) is 59.0. The molecule has 0 aromatic heterocycles. The fourth-order valence-electron chi connectivity index (χ4n) is 7.18. The van der Waals surface area contributed by atoms with E-state index in [1.165, 1.54) is 56.1 Å². The molecule has 0 aliphatic carbocycles. The van der Waals surface area contributed by atoms with Crippen molar-refractivity contribution in [2.75, 3.05) is 0 Å². The summed E-state index contributed by atoms with van der Waals surface area (Å²) in [6, 6.07) is 70.1. The van der Waals surface area contributed by atoms with Gasteiger partial charge in [0.05, 0.1) is 10.0 Å². The minimum Gasteiger partial charge on any atom is -1.00 e. The van der Waals surface area contributed by atoms with Gasteiger partial charge in [0.1, 0.15) is 31.3 Å². The van der Waals surface area contributed by atoms with Crippen molar-refractivity contribution in [1.82, 2.24) is 0 Å². The Morgan fingerprint density at radius 2 is 0.756 bits per heavy atom. The molecule has 16 heteroatoms. The van der Waals surface area contributed by atoms with Crippen LogP contribution in [0.25, 0.3) is 0 Å². The Morgan fingerprint density at radius 1 is 0.537 bits per heavy atom. The Bertz CT molecular complexity index is 2670. The van der Waals surface area contributed by atoms with Crippen molar-refractivity contribution in [3.05, 3.63) is 251 Å². The van der Waals surface area contributed by atoms with E-state index in [0.717, 1.165) is 50.5 Å². The normalized spacial score (nSPS) is 9.82. The predicted octanol–water partition coefficient (Wildman–Crippen LogP) is 10.5. The van der Waals surface area contributed by atoms with E-state index in [4.69, 9.17) is 42.0 Å². The zero-order valence-electron chi connectivity index (χ0n) is 48.6. The molecule has 0 saturated heterocycles. The summed E-state index contributed by atoms with van der Waals surface area (Å²) >= 11 is 2.74. The smallest absolute Gasteiger partial charge is 1.00 e. The molecule has 0 heterocycles. The molecule has 82 heavy (non-hydrogen) atoms. The number of terminal acetylenes is 2. The van der Waals surface area contributed by atoms with E-state index >= 15 is 0 Å². The van der Waals surface area contributed by atoms with Crippen LogP contribution in [-0.4, -0.2) is 14.5 Å². The van der Waals surface area contributed by atoms with E-state index in [1.807, 2.05) is 5.92 Å². The molecule has 3 nitrogen and oxygen atoms in total. The number of carbonyl (C=O) groups is 1. The first-order valence-electron chi connectivity index (χ1n) is 25.6. The van der Waals surface area contributed by atoms with Crippen LogP contribution >= 0.6 is 50.8 Å². The summed E-state index contributed by atoms with van der Waals surface area (Å²) in [7, 11) is 7.63. The average molecular weight is 1410 g/mol. The molecule has 8 rings (SSSR count). The summed E-state index contributed by atoms with van der Waals surface area (Å²) in [5.41, 5.74) is 3.89. The maximum atomic E-state index is 13.2. The Labute approximate surface area is 601 Å². The van der Waals surface area contributed by atoms with Gasteiger partial charge in [-0.1, -0.05) is 247 Å². The molecule has 0 N–H and O–H groups in total. The van der Waals surface area contributed by atoms with Gasteiger partial charge in [-0.15, -0.1) is 18.4 Å². The minimum absolute atomic E-state index is 0. The molecule has 0 radical (unpaired) electrons. The summed E-state index contributed by atoms with van der Waals surface area (Å²) in [4.78, 5) is 11.2. The van der Waals surface area contributed by atoms with Crippen LogP contribution in [0.3, 0.4) is 0 Å². The quantitative estimate of drug-likeness (QED) is 0.0118. The van der Waals surface area contributed by atoms with Crippen molar-refractivity contribution in [1.29, 1.82) is 0 Å². The zero-order valence-corrected chi connectivity index (χ0v) is 61.3. The molecule has 426 valence electrons. The molecular weight excluding hydrogens is 1340 g/mol. The summed E-state index contributed by atoms with van der Waals surface area (Å²) in [5, 5.41) is 16.8. The van der Waals surface area contributed by atoms with Crippen LogP contribution in [0.1, 0.15) is 70.5 Å². The standard InChI is InChI=1S/2C18H15P.C13H14F2.C11H13BrF2.C5H10Si.CH2O3.2ClH.2K.Pd.H/c2*1-4-10-16(11-5-1)19(17-12-6-2-7-13-17)18-14-8-3-9-15-18;1-3-5-6-7-10-8-12(14)11(4-2)13(15)9-10;1-2-3-4-5-8-6-9(13)11(12)10(14)7-8;1-5-6(2,3)4;2-1-4-3;;;;;;/h2*1-15H;2,8-9H,3,5-7H2,1H3;6-7H,2-5H2,1H3;1H,2-4H3;1,3H;2*1H;;;;/q;;;;;;;;2*+1;+2;-1/p-3. The number of benzene rings is 8. The van der Waals surface area contributed by atoms with Crippen LogP contribution in [0.4, 0.5) is 17.6 Å². The Balaban J connectivity index is 0. The van der Waals surface area contributed by atoms with Crippen LogP contribution in [0.15, 0.2) is 211 Å². The number of hydrogen-bond donors (Lipinski definition) is 0. The maximum Gasteiger partial charge on any atom is 1.00 e. The number of carbonyl (C=O) groups excluding carboxylic acids is 1. The van der Waals surface area contributed by atoms with E-state index in [9.17, 15) is 17.6 Å². The van der Waals surface area contributed by atoms with Gasteiger partial charge in [0.25, 0.3) is 6.47 Å². The molecule has 8 aromatic rings. The number of rotatable bonds is 15. The fourth-order valence-corrected chi connectivity index (χ4v) is 12.0. The first kappa shape index (κ1) is 80.1. The van der Waals surface area contributed by atoms with Gasteiger partial charge in [-0.25, -0.2) is 17.6 Å². The van der Waals surface area contributed by atoms with Crippen molar-refractivity contribution in [3.63, 3.8) is 0 Å². The van der Waals surface area contributed by atoms with E-state index in [2.05, 4.69) is 242 Å². The molecule has 0 unspecified atom stereocenters. The molecule has 8 aromatic carbocycles. The molecule has 0 spiro atoms. The van der Waals surface area contributed by atoms with Gasteiger partial charge >= 0.3 is 138 Å². The second-order valence-corrected chi connectivity index (χ2v) is 30.6. The number of aryl methyl sites for hydroxylation is 2. The molecular formula is C66H69BrCl2F4K2O3P2PdSi. The molecule has 0 fully saturated rings. The Kier molecular flexibility index (Phi) is 48.0. The first-order valence-corrected chi connectivity index (χ1v) is 36.6. The average Bonchev–Trinajstić information content (AvgIpc) is 3.66. The second kappa shape index (κ2) is 49.1.